The number of fused-ring (bicyclic) bond motifs is 1. The molecule has 0 bridgehead atoms. The van der Waals surface area contributed by atoms with Gasteiger partial charge in [0.05, 0.1) is 30.3 Å². The number of para-hydroxylation sites is 1. The normalized spacial score (nSPS) is 10.6. The van der Waals surface area contributed by atoms with Gasteiger partial charge in [-0.2, -0.15) is 0 Å². The third kappa shape index (κ3) is 3.69. The Bertz CT molecular complexity index is 993. The minimum absolute atomic E-state index is 0.0439. The number of ether oxygens (including phenoxy) is 3. The molecule has 0 aliphatic heterocycles. The molecular weight excluding hydrogens is 354 g/mol. The van der Waals surface area contributed by atoms with E-state index in [9.17, 15) is 14.9 Å². The molecule has 8 heteroatoms. The van der Waals surface area contributed by atoms with E-state index in [0.717, 1.165) is 0 Å². The Kier molecular flexibility index (Phi) is 5.25. The highest BCUT2D eigenvalue weighted by Crippen LogP contribution is 2.33. The summed E-state index contributed by atoms with van der Waals surface area (Å²) in [5, 5.41) is 11.7. The van der Waals surface area contributed by atoms with E-state index in [1.807, 2.05) is 6.07 Å². The summed E-state index contributed by atoms with van der Waals surface area (Å²) >= 11 is 0. The van der Waals surface area contributed by atoms with E-state index in [4.69, 9.17) is 18.6 Å². The number of carbonyl (C=O) groups is 1. The SMILES string of the molecule is CCOC(=O)c1oc2ccccc2c1COc1cc([N+](=O)[O-])ccc1OC. The number of furan rings is 1. The number of benzene rings is 2. The summed E-state index contributed by atoms with van der Waals surface area (Å²) in [6.07, 6.45) is 0. The second-order valence-corrected chi connectivity index (χ2v) is 5.51. The molecule has 1 heterocycles. The Morgan fingerprint density at radius 3 is 2.67 bits per heavy atom. The van der Waals surface area contributed by atoms with Gasteiger partial charge in [0, 0.05) is 11.5 Å². The van der Waals surface area contributed by atoms with Gasteiger partial charge >= 0.3 is 5.97 Å². The number of nitrogens with zero attached hydrogens (tertiary/aromatic N) is 1. The van der Waals surface area contributed by atoms with Crippen LogP contribution in [0, 0.1) is 10.1 Å². The molecule has 0 aliphatic carbocycles. The quantitative estimate of drug-likeness (QED) is 0.350. The van der Waals surface area contributed by atoms with Gasteiger partial charge in [0.2, 0.25) is 5.76 Å². The minimum Gasteiger partial charge on any atom is -0.493 e. The van der Waals surface area contributed by atoms with Gasteiger partial charge in [-0.15, -0.1) is 0 Å². The molecular formula is C19H17NO7. The fourth-order valence-electron chi connectivity index (χ4n) is 2.65. The van der Waals surface area contributed by atoms with E-state index >= 15 is 0 Å². The van der Waals surface area contributed by atoms with Gasteiger partial charge in [0.1, 0.15) is 12.2 Å². The third-order valence-corrected chi connectivity index (χ3v) is 3.89. The summed E-state index contributed by atoms with van der Waals surface area (Å²) in [5.74, 6) is -0.0290. The molecule has 140 valence electrons. The van der Waals surface area contributed by atoms with Crippen molar-refractivity contribution in [2.75, 3.05) is 13.7 Å². The average Bonchev–Trinajstić information content (AvgIpc) is 3.05. The molecule has 0 spiro atoms. The van der Waals surface area contributed by atoms with Gasteiger partial charge in [-0.3, -0.25) is 10.1 Å². The summed E-state index contributed by atoms with van der Waals surface area (Å²) in [6, 6.07) is 11.2. The number of nitro benzene ring substituents is 1. The Balaban J connectivity index is 1.97. The number of nitro groups is 1. The lowest BCUT2D eigenvalue weighted by Crippen LogP contribution is -2.08. The lowest BCUT2D eigenvalue weighted by Gasteiger charge is -2.10. The Hall–Kier alpha value is -3.55. The molecule has 3 rings (SSSR count). The number of hydrogen-bond donors (Lipinski definition) is 0. The van der Waals surface area contributed by atoms with Crippen molar-refractivity contribution in [2.24, 2.45) is 0 Å². The zero-order valence-corrected chi connectivity index (χ0v) is 14.8. The van der Waals surface area contributed by atoms with Gasteiger partial charge in [0.15, 0.2) is 11.5 Å². The highest BCUT2D eigenvalue weighted by molar-refractivity contribution is 5.96. The molecule has 0 unspecified atom stereocenters. The second kappa shape index (κ2) is 7.77. The number of non-ortho nitro benzene ring substituents is 1. The maximum Gasteiger partial charge on any atom is 0.374 e. The van der Waals surface area contributed by atoms with Crippen molar-refractivity contribution in [3.8, 4) is 11.5 Å². The van der Waals surface area contributed by atoms with Gasteiger partial charge in [-0.05, 0) is 19.1 Å². The van der Waals surface area contributed by atoms with Crippen LogP contribution >= 0.6 is 0 Å². The predicted molar refractivity (Wildman–Crippen MR) is 96.2 cm³/mol. The van der Waals surface area contributed by atoms with E-state index in [1.54, 1.807) is 25.1 Å². The van der Waals surface area contributed by atoms with Crippen LogP contribution in [0.15, 0.2) is 46.9 Å². The van der Waals surface area contributed by atoms with Crippen molar-refractivity contribution in [2.45, 2.75) is 13.5 Å². The molecule has 3 aromatic rings. The third-order valence-electron chi connectivity index (χ3n) is 3.89. The van der Waals surface area contributed by atoms with Crippen LogP contribution in [0.5, 0.6) is 11.5 Å². The maximum absolute atomic E-state index is 12.2. The summed E-state index contributed by atoms with van der Waals surface area (Å²) in [7, 11) is 1.44. The van der Waals surface area contributed by atoms with E-state index in [-0.39, 0.29) is 30.4 Å². The van der Waals surface area contributed by atoms with Crippen LogP contribution in [-0.4, -0.2) is 24.6 Å². The molecule has 0 fully saturated rings. The molecule has 0 radical (unpaired) electrons. The minimum atomic E-state index is -0.599. The van der Waals surface area contributed by atoms with Crippen LogP contribution in [0.4, 0.5) is 5.69 Å². The molecule has 0 amide bonds. The maximum atomic E-state index is 12.2. The molecule has 1 aromatic heterocycles. The van der Waals surface area contributed by atoms with Crippen LogP contribution in [0.25, 0.3) is 11.0 Å². The monoisotopic (exact) mass is 371 g/mol. The zero-order valence-electron chi connectivity index (χ0n) is 14.8. The molecule has 0 aliphatic rings. The van der Waals surface area contributed by atoms with Gasteiger partial charge in [0.25, 0.3) is 5.69 Å². The van der Waals surface area contributed by atoms with Gasteiger partial charge in [-0.25, -0.2) is 4.79 Å². The standard InChI is InChI=1S/C19H17NO7/c1-3-25-19(21)18-14(13-6-4-5-7-15(13)27-18)11-26-17-10-12(20(22)23)8-9-16(17)24-2/h4-10H,3,11H2,1-2H3. The number of esters is 1. The Morgan fingerprint density at radius 1 is 1.19 bits per heavy atom. The van der Waals surface area contributed by atoms with Crippen LogP contribution in [-0.2, 0) is 11.3 Å². The Morgan fingerprint density at radius 2 is 1.96 bits per heavy atom. The highest BCUT2D eigenvalue weighted by Gasteiger charge is 2.23. The number of rotatable bonds is 7. The van der Waals surface area contributed by atoms with Crippen molar-refractivity contribution < 1.29 is 28.3 Å². The molecule has 0 N–H and O–H groups in total. The smallest absolute Gasteiger partial charge is 0.374 e. The lowest BCUT2D eigenvalue weighted by molar-refractivity contribution is -0.385. The lowest BCUT2D eigenvalue weighted by atomic mass is 10.1. The van der Waals surface area contributed by atoms with E-state index in [1.165, 1.54) is 25.3 Å². The molecule has 0 atom stereocenters. The van der Waals surface area contributed by atoms with E-state index < -0.39 is 10.9 Å². The van der Waals surface area contributed by atoms with Crippen LogP contribution in [0.3, 0.4) is 0 Å². The van der Waals surface area contributed by atoms with Crippen LogP contribution < -0.4 is 9.47 Å². The molecule has 2 aromatic carbocycles. The fourth-order valence-corrected chi connectivity index (χ4v) is 2.65. The molecule has 0 saturated heterocycles. The van der Waals surface area contributed by atoms with Gasteiger partial charge < -0.3 is 18.6 Å². The second-order valence-electron chi connectivity index (χ2n) is 5.51. The first-order valence-electron chi connectivity index (χ1n) is 8.18. The number of hydrogen-bond acceptors (Lipinski definition) is 7. The molecule has 27 heavy (non-hydrogen) atoms. The van der Waals surface area contributed by atoms with Crippen molar-refractivity contribution in [1.82, 2.24) is 0 Å². The van der Waals surface area contributed by atoms with Crippen molar-refractivity contribution >= 4 is 22.6 Å². The number of methoxy groups -OCH3 is 1. The predicted octanol–water partition coefficient (Wildman–Crippen LogP) is 4.11. The first-order valence-corrected chi connectivity index (χ1v) is 8.18. The van der Waals surface area contributed by atoms with E-state index in [2.05, 4.69) is 0 Å². The van der Waals surface area contributed by atoms with E-state index in [0.29, 0.717) is 22.3 Å². The van der Waals surface area contributed by atoms with Crippen molar-refractivity contribution in [3.05, 3.63) is 63.9 Å². The molecule has 0 saturated carbocycles. The zero-order chi connectivity index (χ0) is 19.4. The fraction of sp³-hybridized carbons (Fsp3) is 0.211. The summed E-state index contributed by atoms with van der Waals surface area (Å²) in [4.78, 5) is 22.7. The van der Waals surface area contributed by atoms with Crippen molar-refractivity contribution in [3.63, 3.8) is 0 Å². The average molecular weight is 371 g/mol. The van der Waals surface area contributed by atoms with Crippen LogP contribution in [0.1, 0.15) is 23.0 Å². The first kappa shape index (κ1) is 18.2. The van der Waals surface area contributed by atoms with Gasteiger partial charge in [-0.1, -0.05) is 18.2 Å². The van der Waals surface area contributed by atoms with Crippen molar-refractivity contribution in [1.29, 1.82) is 0 Å². The summed E-state index contributed by atoms with van der Waals surface area (Å²) in [5.41, 5.74) is 0.885. The number of carbonyl (C=O) groups excluding carboxylic acids is 1. The molecule has 8 nitrogen and oxygen atoms in total. The topological polar surface area (TPSA) is 101 Å². The Labute approximate surface area is 154 Å². The largest absolute Gasteiger partial charge is 0.493 e. The highest BCUT2D eigenvalue weighted by atomic mass is 16.6. The first-order chi connectivity index (χ1) is 13.0. The van der Waals surface area contributed by atoms with Crippen LogP contribution in [0.2, 0.25) is 0 Å². The summed E-state index contributed by atoms with van der Waals surface area (Å²) in [6.45, 7) is 1.85. The summed E-state index contributed by atoms with van der Waals surface area (Å²) < 4.78 is 21.6.